The zero-order valence-electron chi connectivity index (χ0n) is 14.9. The first-order valence-electron chi connectivity index (χ1n) is 7.55. The summed E-state index contributed by atoms with van der Waals surface area (Å²) in [6, 6.07) is 0. The van der Waals surface area contributed by atoms with Crippen molar-refractivity contribution >= 4 is 20.1 Å². The van der Waals surface area contributed by atoms with Crippen LogP contribution >= 0.6 is 11.8 Å². The maximum absolute atomic E-state index is 9.14. The van der Waals surface area contributed by atoms with Crippen molar-refractivity contribution < 1.29 is 13.9 Å². The molecule has 0 spiro atoms. The molecule has 0 amide bonds. The summed E-state index contributed by atoms with van der Waals surface area (Å²) in [4.78, 5) is 0. The fourth-order valence-electron chi connectivity index (χ4n) is 1.94. The molecule has 0 saturated carbocycles. The Balaban J connectivity index is 2.95. The van der Waals surface area contributed by atoms with Gasteiger partial charge in [0.05, 0.1) is 18.0 Å². The molecule has 126 valence electrons. The van der Waals surface area contributed by atoms with Crippen LogP contribution in [-0.2, 0) is 13.9 Å². The van der Waals surface area contributed by atoms with E-state index >= 15 is 0 Å². The van der Waals surface area contributed by atoms with Crippen LogP contribution in [0.3, 0.4) is 0 Å². The van der Waals surface area contributed by atoms with Gasteiger partial charge in [0.1, 0.15) is 11.5 Å². The molecule has 0 radical (unpaired) electrons. The number of rotatable bonds is 5. The minimum absolute atomic E-state index is 0.132. The van der Waals surface area contributed by atoms with Crippen molar-refractivity contribution in [3.63, 3.8) is 0 Å². The predicted molar refractivity (Wildman–Crippen MR) is 94.2 cm³/mol. The van der Waals surface area contributed by atoms with Gasteiger partial charge < -0.3 is 13.9 Å². The van der Waals surface area contributed by atoms with Crippen molar-refractivity contribution in [1.82, 2.24) is 0 Å². The first-order valence-corrected chi connectivity index (χ1v) is 11.3. The molecule has 1 heterocycles. The molecule has 1 fully saturated rings. The summed E-state index contributed by atoms with van der Waals surface area (Å²) in [5.41, 5.74) is 0. The van der Waals surface area contributed by atoms with Crippen LogP contribution in [0.25, 0.3) is 0 Å². The highest BCUT2D eigenvalue weighted by molar-refractivity contribution is 8.05. The zero-order valence-corrected chi connectivity index (χ0v) is 16.7. The van der Waals surface area contributed by atoms with Crippen LogP contribution in [-0.4, -0.2) is 38.2 Å². The van der Waals surface area contributed by atoms with Crippen LogP contribution in [0.4, 0.5) is 0 Å². The maximum atomic E-state index is 9.14. The number of hydrogen-bond donors (Lipinski definition) is 0. The third kappa shape index (κ3) is 4.36. The quantitative estimate of drug-likeness (QED) is 0.423. The summed E-state index contributed by atoms with van der Waals surface area (Å²) in [6.45, 7) is 19.6. The standard InChI is InChI=1S/C16H29NO3SSi/c1-9-16(21-12-17)11-18-15(5,6)20-13(16)10-19-22(7,8)14(2,3)4/h9,13H,1,10-11H2,2-8H3/t13-,16-/m1/s1. The largest absolute Gasteiger partial charge is 0.414 e. The van der Waals surface area contributed by atoms with Crippen LogP contribution in [0.1, 0.15) is 34.6 Å². The van der Waals surface area contributed by atoms with E-state index in [-0.39, 0.29) is 11.1 Å². The molecule has 1 aliphatic heterocycles. The van der Waals surface area contributed by atoms with Gasteiger partial charge in [-0.25, -0.2) is 0 Å². The molecule has 4 nitrogen and oxygen atoms in total. The van der Waals surface area contributed by atoms with E-state index in [4.69, 9.17) is 19.2 Å². The maximum Gasteiger partial charge on any atom is 0.192 e. The first kappa shape index (κ1) is 19.7. The molecule has 1 rings (SSSR count). The van der Waals surface area contributed by atoms with Gasteiger partial charge in [-0.15, -0.1) is 6.58 Å². The summed E-state index contributed by atoms with van der Waals surface area (Å²) in [7, 11) is -1.88. The van der Waals surface area contributed by atoms with Gasteiger partial charge in [0.15, 0.2) is 14.1 Å². The number of ether oxygens (including phenoxy) is 2. The third-order valence-electron chi connectivity index (χ3n) is 4.60. The van der Waals surface area contributed by atoms with Crippen LogP contribution in [0.2, 0.25) is 18.1 Å². The Kier molecular flexibility index (Phi) is 5.97. The second-order valence-electron chi connectivity index (χ2n) is 7.72. The Morgan fingerprint density at radius 1 is 1.45 bits per heavy atom. The van der Waals surface area contributed by atoms with Gasteiger partial charge in [-0.1, -0.05) is 26.8 Å². The summed E-state index contributed by atoms with van der Waals surface area (Å²) in [6.07, 6.45) is 1.50. The van der Waals surface area contributed by atoms with Crippen molar-refractivity contribution in [2.24, 2.45) is 0 Å². The van der Waals surface area contributed by atoms with Crippen LogP contribution < -0.4 is 0 Å². The fraction of sp³-hybridized carbons (Fsp3) is 0.812. The van der Waals surface area contributed by atoms with Gasteiger partial charge in [-0.05, 0) is 43.7 Å². The Bertz CT molecular complexity index is 453. The lowest BCUT2D eigenvalue weighted by atomic mass is 10.0. The average Bonchev–Trinajstić information content (AvgIpc) is 2.38. The topological polar surface area (TPSA) is 51.5 Å². The van der Waals surface area contributed by atoms with Crippen LogP contribution in [0.5, 0.6) is 0 Å². The van der Waals surface area contributed by atoms with Gasteiger partial charge in [0, 0.05) is 0 Å². The molecule has 2 atom stereocenters. The van der Waals surface area contributed by atoms with E-state index < -0.39 is 18.9 Å². The molecule has 6 heteroatoms. The molecule has 1 aliphatic rings. The summed E-state index contributed by atoms with van der Waals surface area (Å²) >= 11 is 1.14. The lowest BCUT2D eigenvalue weighted by molar-refractivity contribution is -0.283. The Morgan fingerprint density at radius 2 is 2.05 bits per heavy atom. The molecular weight excluding hydrogens is 314 g/mol. The van der Waals surface area contributed by atoms with Crippen molar-refractivity contribution in [1.29, 1.82) is 5.26 Å². The third-order valence-corrected chi connectivity index (χ3v) is 10.1. The molecule has 0 aromatic rings. The van der Waals surface area contributed by atoms with Crippen molar-refractivity contribution in [2.45, 2.75) is 69.4 Å². The van der Waals surface area contributed by atoms with E-state index in [0.717, 1.165) is 11.8 Å². The highest BCUT2D eigenvalue weighted by atomic mass is 32.2. The monoisotopic (exact) mass is 343 g/mol. The second-order valence-corrected chi connectivity index (χ2v) is 13.7. The molecule has 0 aliphatic carbocycles. The first-order chi connectivity index (χ1) is 9.89. The normalized spacial score (nSPS) is 28.9. The Hall–Kier alpha value is -0.323. The van der Waals surface area contributed by atoms with Crippen molar-refractivity contribution in [3.8, 4) is 5.40 Å². The summed E-state index contributed by atoms with van der Waals surface area (Å²) < 4.78 is 17.5. The van der Waals surface area contributed by atoms with Crippen LogP contribution in [0, 0.1) is 10.7 Å². The summed E-state index contributed by atoms with van der Waals surface area (Å²) in [5, 5.41) is 11.4. The number of thioether (sulfide) groups is 1. The molecule has 0 N–H and O–H groups in total. The smallest absolute Gasteiger partial charge is 0.192 e. The van der Waals surface area contributed by atoms with E-state index in [1.165, 1.54) is 0 Å². The van der Waals surface area contributed by atoms with E-state index in [2.05, 4.69) is 45.8 Å². The molecular formula is C16H29NO3SSi. The molecule has 22 heavy (non-hydrogen) atoms. The molecule has 0 aromatic carbocycles. The second kappa shape index (κ2) is 6.66. The predicted octanol–water partition coefficient (Wildman–Crippen LogP) is 4.30. The van der Waals surface area contributed by atoms with E-state index in [1.807, 2.05) is 13.8 Å². The minimum atomic E-state index is -1.88. The van der Waals surface area contributed by atoms with Crippen molar-refractivity contribution in [3.05, 3.63) is 12.7 Å². The number of thiocyanates is 1. The van der Waals surface area contributed by atoms with E-state index in [0.29, 0.717) is 13.2 Å². The zero-order chi connectivity index (χ0) is 17.2. The van der Waals surface area contributed by atoms with Gasteiger partial charge in [-0.3, -0.25) is 0 Å². The molecule has 1 saturated heterocycles. The SMILES string of the molecule is C=C[C@@]1(SC#N)COC(C)(C)O[C@@H]1CO[Si](C)(C)C(C)(C)C. The average molecular weight is 344 g/mol. The van der Waals surface area contributed by atoms with Crippen molar-refractivity contribution in [2.75, 3.05) is 13.2 Å². The van der Waals surface area contributed by atoms with Gasteiger partial charge >= 0.3 is 0 Å². The molecule has 0 bridgehead atoms. The van der Waals surface area contributed by atoms with E-state index in [9.17, 15) is 0 Å². The van der Waals surface area contributed by atoms with Gasteiger partial charge in [0.25, 0.3) is 0 Å². The Morgan fingerprint density at radius 3 is 2.50 bits per heavy atom. The number of nitriles is 1. The summed E-state index contributed by atoms with van der Waals surface area (Å²) in [5.74, 6) is -0.677. The van der Waals surface area contributed by atoms with Gasteiger partial charge in [0.2, 0.25) is 0 Å². The molecule has 0 aromatic heterocycles. The Labute approximate surface area is 140 Å². The van der Waals surface area contributed by atoms with Crippen LogP contribution in [0.15, 0.2) is 12.7 Å². The molecule has 0 unspecified atom stereocenters. The lowest BCUT2D eigenvalue weighted by Crippen LogP contribution is -2.57. The minimum Gasteiger partial charge on any atom is -0.414 e. The fourth-order valence-corrected chi connectivity index (χ4v) is 3.56. The number of hydrogen-bond acceptors (Lipinski definition) is 5. The number of nitrogens with zero attached hydrogens (tertiary/aromatic N) is 1. The highest BCUT2D eigenvalue weighted by Crippen LogP contribution is 2.41. The van der Waals surface area contributed by atoms with Gasteiger partial charge in [-0.2, -0.15) is 5.26 Å². The van der Waals surface area contributed by atoms with E-state index in [1.54, 1.807) is 6.08 Å². The lowest BCUT2D eigenvalue weighted by Gasteiger charge is -2.47. The highest BCUT2D eigenvalue weighted by Gasteiger charge is 2.48.